The van der Waals surface area contributed by atoms with Crippen molar-refractivity contribution in [3.63, 3.8) is 0 Å². The quantitative estimate of drug-likeness (QED) is 0.423. The molecule has 0 bridgehead atoms. The second kappa shape index (κ2) is 11.3. The van der Waals surface area contributed by atoms with Gasteiger partial charge in [0.15, 0.2) is 0 Å². The van der Waals surface area contributed by atoms with E-state index in [-0.39, 0.29) is 30.7 Å². The molecule has 0 fully saturated rings. The molecule has 0 amide bonds. The van der Waals surface area contributed by atoms with Gasteiger partial charge >= 0.3 is 0 Å². The fraction of sp³-hybridized carbons (Fsp3) is 0.308. The molecule has 0 aromatic heterocycles. The molecule has 0 saturated carbocycles. The Bertz CT molecular complexity index is 926. The Morgan fingerprint density at radius 3 is 2.37 bits per heavy atom. The minimum atomic E-state index is -0.586. The van der Waals surface area contributed by atoms with E-state index >= 15 is 0 Å². The monoisotopic (exact) mass is 425 g/mol. The number of nitrogens with one attached hydrogen (secondary N) is 1. The van der Waals surface area contributed by atoms with Crippen LogP contribution >= 0.6 is 12.4 Å². The van der Waals surface area contributed by atoms with Crippen LogP contribution in [0.3, 0.4) is 0 Å². The zero-order valence-corrected chi connectivity index (χ0v) is 18.6. The van der Waals surface area contributed by atoms with Crippen molar-refractivity contribution in [2.45, 2.75) is 38.0 Å². The summed E-state index contributed by atoms with van der Waals surface area (Å²) in [6.07, 6.45) is 1.85. The van der Waals surface area contributed by atoms with Crippen LogP contribution < -0.4 is 5.32 Å². The molecule has 3 rings (SSSR count). The van der Waals surface area contributed by atoms with Gasteiger partial charge in [0.05, 0.1) is 12.7 Å². The van der Waals surface area contributed by atoms with Crippen molar-refractivity contribution in [2.24, 2.45) is 0 Å². The zero-order valence-electron chi connectivity index (χ0n) is 17.8. The van der Waals surface area contributed by atoms with Crippen LogP contribution in [-0.4, -0.2) is 29.9 Å². The van der Waals surface area contributed by atoms with Gasteiger partial charge in [0.2, 0.25) is 0 Å². The van der Waals surface area contributed by atoms with Crippen LogP contribution in [0.25, 0.3) is 10.8 Å². The van der Waals surface area contributed by atoms with Crippen LogP contribution in [0, 0.1) is 0 Å². The van der Waals surface area contributed by atoms with E-state index in [0.717, 1.165) is 12.0 Å². The summed E-state index contributed by atoms with van der Waals surface area (Å²) >= 11 is 0. The van der Waals surface area contributed by atoms with Crippen molar-refractivity contribution < 1.29 is 9.84 Å². The molecule has 0 heterocycles. The molecule has 3 aromatic carbocycles. The first kappa shape index (κ1) is 24.1. The molecule has 4 heteroatoms. The lowest BCUT2D eigenvalue weighted by Gasteiger charge is -2.28. The van der Waals surface area contributed by atoms with Gasteiger partial charge in [-0.05, 0) is 42.2 Å². The average molecular weight is 426 g/mol. The van der Waals surface area contributed by atoms with Crippen molar-refractivity contribution in [3.05, 3.63) is 96.6 Å². The fourth-order valence-electron chi connectivity index (χ4n) is 3.53. The summed E-state index contributed by atoms with van der Waals surface area (Å²) in [6, 6.07) is 24.9. The van der Waals surface area contributed by atoms with Crippen LogP contribution in [0.15, 0.2) is 85.5 Å². The molecule has 1 unspecified atom stereocenters. The van der Waals surface area contributed by atoms with Crippen molar-refractivity contribution in [3.8, 4) is 0 Å². The summed E-state index contributed by atoms with van der Waals surface area (Å²) in [7, 11) is 0. The highest BCUT2D eigenvalue weighted by molar-refractivity contribution is 5.85. The van der Waals surface area contributed by atoms with Gasteiger partial charge in [-0.25, -0.2) is 0 Å². The number of aliphatic hydroxyl groups excluding tert-OH is 1. The maximum Gasteiger partial charge on any atom is 0.100 e. The van der Waals surface area contributed by atoms with Crippen LogP contribution in [-0.2, 0) is 11.2 Å². The lowest BCUT2D eigenvalue weighted by atomic mass is 9.93. The lowest BCUT2D eigenvalue weighted by molar-refractivity contribution is 0.00711. The van der Waals surface area contributed by atoms with E-state index in [4.69, 9.17) is 4.74 Å². The molecule has 30 heavy (non-hydrogen) atoms. The van der Waals surface area contributed by atoms with E-state index in [9.17, 15) is 5.11 Å². The number of benzene rings is 3. The minimum Gasteiger partial charge on any atom is -0.389 e. The standard InChI is InChI=1S/C26H31NO2.ClH/c1-4-25(22-11-6-5-7-12-22)29-19-24(28)18-27-26(2,3)17-20-14-15-21-10-8-9-13-23(21)16-20;/h4-16,24-25,27-28H,1,17-19H2,2-3H3;1H/t24-,25?;/m1./s1. The zero-order chi connectivity index (χ0) is 20.7. The predicted octanol–water partition coefficient (Wildman–Crippen LogP) is 5.48. The Morgan fingerprint density at radius 2 is 1.67 bits per heavy atom. The predicted molar refractivity (Wildman–Crippen MR) is 128 cm³/mol. The van der Waals surface area contributed by atoms with Gasteiger partial charge in [0.1, 0.15) is 6.10 Å². The average Bonchev–Trinajstić information content (AvgIpc) is 2.73. The number of aliphatic hydroxyl groups is 1. The molecule has 0 aliphatic carbocycles. The molecule has 3 aromatic rings. The van der Waals surface area contributed by atoms with Gasteiger partial charge < -0.3 is 15.2 Å². The Hall–Kier alpha value is -2.17. The van der Waals surface area contributed by atoms with Crippen LogP contribution in [0.4, 0.5) is 0 Å². The molecule has 3 nitrogen and oxygen atoms in total. The summed E-state index contributed by atoms with van der Waals surface area (Å²) in [4.78, 5) is 0. The van der Waals surface area contributed by atoms with Crippen molar-refractivity contribution in [2.75, 3.05) is 13.2 Å². The summed E-state index contributed by atoms with van der Waals surface area (Å²) in [6.45, 7) is 8.89. The SMILES string of the molecule is C=CC(OC[C@H](O)CNC(C)(C)Cc1ccc2ccccc2c1)c1ccccc1.Cl. The Morgan fingerprint density at radius 1 is 1.00 bits per heavy atom. The van der Waals surface area contributed by atoms with Gasteiger partial charge in [-0.15, -0.1) is 19.0 Å². The third-order valence-electron chi connectivity index (χ3n) is 5.09. The lowest BCUT2D eigenvalue weighted by Crippen LogP contribution is -2.46. The highest BCUT2D eigenvalue weighted by atomic mass is 35.5. The first-order valence-electron chi connectivity index (χ1n) is 10.2. The third kappa shape index (κ3) is 6.96. The van der Waals surface area contributed by atoms with Crippen molar-refractivity contribution in [1.82, 2.24) is 5.32 Å². The second-order valence-corrected chi connectivity index (χ2v) is 8.18. The summed E-state index contributed by atoms with van der Waals surface area (Å²) in [5, 5.41) is 16.4. The van der Waals surface area contributed by atoms with E-state index < -0.39 is 6.10 Å². The number of β-amino-alcohol motifs (C(OH)–C–C–N with tert-alkyl or cyclic N) is 1. The number of rotatable bonds is 10. The number of hydrogen-bond acceptors (Lipinski definition) is 3. The van der Waals surface area contributed by atoms with Crippen LogP contribution in [0.5, 0.6) is 0 Å². The van der Waals surface area contributed by atoms with E-state index in [2.05, 4.69) is 68.2 Å². The molecular weight excluding hydrogens is 394 g/mol. The smallest absolute Gasteiger partial charge is 0.100 e. The number of hydrogen-bond donors (Lipinski definition) is 2. The van der Waals surface area contributed by atoms with Gasteiger partial charge in [-0.3, -0.25) is 0 Å². The van der Waals surface area contributed by atoms with Gasteiger partial charge in [0.25, 0.3) is 0 Å². The highest BCUT2D eigenvalue weighted by Gasteiger charge is 2.20. The molecule has 2 N–H and O–H groups in total. The molecule has 0 saturated heterocycles. The van der Waals surface area contributed by atoms with Crippen molar-refractivity contribution in [1.29, 1.82) is 0 Å². The molecule has 2 atom stereocenters. The molecule has 160 valence electrons. The van der Waals surface area contributed by atoms with E-state index in [1.165, 1.54) is 16.3 Å². The molecule has 0 aliphatic heterocycles. The highest BCUT2D eigenvalue weighted by Crippen LogP contribution is 2.20. The largest absolute Gasteiger partial charge is 0.389 e. The molecular formula is C26H32ClNO2. The number of fused-ring (bicyclic) bond motifs is 1. The summed E-state index contributed by atoms with van der Waals surface area (Å²) in [5.74, 6) is 0. The first-order chi connectivity index (χ1) is 14.0. The summed E-state index contributed by atoms with van der Waals surface area (Å²) < 4.78 is 5.86. The Labute approximate surface area is 186 Å². The number of halogens is 1. The summed E-state index contributed by atoms with van der Waals surface area (Å²) in [5.41, 5.74) is 2.18. The van der Waals surface area contributed by atoms with Gasteiger partial charge in [-0.2, -0.15) is 0 Å². The maximum atomic E-state index is 10.4. The molecule has 0 spiro atoms. The van der Waals surface area contributed by atoms with Gasteiger partial charge in [-0.1, -0.05) is 78.9 Å². The second-order valence-electron chi connectivity index (χ2n) is 8.18. The van der Waals surface area contributed by atoms with E-state index in [0.29, 0.717) is 6.54 Å². The first-order valence-corrected chi connectivity index (χ1v) is 10.2. The number of ether oxygens (including phenoxy) is 1. The minimum absolute atomic E-state index is 0. The van der Waals surface area contributed by atoms with E-state index in [1.807, 2.05) is 30.3 Å². The molecule has 0 aliphatic rings. The van der Waals surface area contributed by atoms with Crippen LogP contribution in [0.2, 0.25) is 0 Å². The fourth-order valence-corrected chi connectivity index (χ4v) is 3.53. The van der Waals surface area contributed by atoms with Crippen molar-refractivity contribution >= 4 is 23.2 Å². The van der Waals surface area contributed by atoms with E-state index in [1.54, 1.807) is 6.08 Å². The third-order valence-corrected chi connectivity index (χ3v) is 5.09. The molecule has 0 radical (unpaired) electrons. The Balaban J connectivity index is 0.00000320. The topological polar surface area (TPSA) is 41.5 Å². The van der Waals surface area contributed by atoms with Gasteiger partial charge in [0, 0.05) is 12.1 Å². The van der Waals surface area contributed by atoms with Crippen LogP contribution in [0.1, 0.15) is 31.1 Å². The Kier molecular flexibility index (Phi) is 9.07. The maximum absolute atomic E-state index is 10.4. The normalized spacial score (nSPS) is 13.4.